The first-order valence-electron chi connectivity index (χ1n) is 11.3. The number of rotatable bonds is 5. The van der Waals surface area contributed by atoms with Gasteiger partial charge < -0.3 is 13.9 Å². The number of benzene rings is 1. The Morgan fingerprint density at radius 2 is 1.81 bits per heavy atom. The predicted octanol–water partition coefficient (Wildman–Crippen LogP) is 5.34. The van der Waals surface area contributed by atoms with Crippen LogP contribution in [0.4, 0.5) is 14.5 Å². The number of hydrogen-bond donors (Lipinski definition) is 0. The molecule has 8 heteroatoms. The Hall–Kier alpha value is -2.06. The Labute approximate surface area is 188 Å². The lowest BCUT2D eigenvalue weighted by Crippen LogP contribution is -2.44. The van der Waals surface area contributed by atoms with Crippen molar-refractivity contribution >= 4 is 31.2 Å². The van der Waals surface area contributed by atoms with Crippen molar-refractivity contribution in [2.24, 2.45) is 0 Å². The molecule has 2 heterocycles. The second-order valence-electron chi connectivity index (χ2n) is 10.7. The SMILES string of the molecule is Cc1c(N2CC[C@H](O[Si](C)(C)C(C)(C)C)C2)c(F)c(F)c2c(C=O)cc(=O)n(C3CC3)c12. The molecule has 32 heavy (non-hydrogen) atoms. The van der Waals surface area contributed by atoms with E-state index >= 15 is 8.78 Å². The zero-order valence-electron chi connectivity index (χ0n) is 19.7. The van der Waals surface area contributed by atoms with Gasteiger partial charge in [0, 0.05) is 41.7 Å². The van der Waals surface area contributed by atoms with Gasteiger partial charge in [-0.2, -0.15) is 0 Å². The van der Waals surface area contributed by atoms with E-state index in [0.717, 1.165) is 25.3 Å². The molecule has 1 atom stereocenters. The van der Waals surface area contributed by atoms with Crippen molar-refractivity contribution in [1.29, 1.82) is 0 Å². The van der Waals surface area contributed by atoms with E-state index in [1.165, 1.54) is 0 Å². The predicted molar refractivity (Wildman–Crippen MR) is 125 cm³/mol. The smallest absolute Gasteiger partial charge is 0.252 e. The van der Waals surface area contributed by atoms with E-state index in [4.69, 9.17) is 4.43 Å². The summed E-state index contributed by atoms with van der Waals surface area (Å²) in [6, 6.07) is 1.09. The number of halogens is 2. The molecule has 1 aliphatic heterocycles. The van der Waals surface area contributed by atoms with Crippen LogP contribution in [0.25, 0.3) is 10.9 Å². The minimum absolute atomic E-state index is 0.0321. The molecule has 1 aromatic heterocycles. The zero-order chi connectivity index (χ0) is 23.6. The molecule has 2 fully saturated rings. The molecule has 1 aliphatic carbocycles. The van der Waals surface area contributed by atoms with Gasteiger partial charge in [-0.3, -0.25) is 9.59 Å². The van der Waals surface area contributed by atoms with Crippen LogP contribution in [0.5, 0.6) is 0 Å². The highest BCUT2D eigenvalue weighted by Gasteiger charge is 2.41. The summed E-state index contributed by atoms with van der Waals surface area (Å²) in [7, 11) is -2.00. The van der Waals surface area contributed by atoms with E-state index in [0.29, 0.717) is 30.5 Å². The third-order valence-corrected chi connectivity index (χ3v) is 11.9. The van der Waals surface area contributed by atoms with E-state index in [2.05, 4.69) is 33.9 Å². The Bertz CT molecular complexity index is 1150. The van der Waals surface area contributed by atoms with Crippen LogP contribution >= 0.6 is 0 Å². The van der Waals surface area contributed by atoms with Crippen LogP contribution in [0.2, 0.25) is 18.1 Å². The van der Waals surface area contributed by atoms with Crippen molar-refractivity contribution in [3.63, 3.8) is 0 Å². The van der Waals surface area contributed by atoms with Gasteiger partial charge in [0.25, 0.3) is 5.56 Å². The Morgan fingerprint density at radius 3 is 2.38 bits per heavy atom. The van der Waals surface area contributed by atoms with E-state index in [-0.39, 0.29) is 39.4 Å². The Balaban J connectivity index is 1.80. The maximum atomic E-state index is 15.4. The van der Waals surface area contributed by atoms with E-state index < -0.39 is 20.0 Å². The fourth-order valence-electron chi connectivity index (χ4n) is 4.52. The summed E-state index contributed by atoms with van der Waals surface area (Å²) in [5.74, 6) is -2.03. The number of aldehydes is 1. The van der Waals surface area contributed by atoms with Crippen LogP contribution in [-0.2, 0) is 4.43 Å². The number of anilines is 1. The van der Waals surface area contributed by atoms with Gasteiger partial charge in [-0.1, -0.05) is 20.8 Å². The first kappa shape index (κ1) is 23.1. The van der Waals surface area contributed by atoms with Crippen LogP contribution in [0.1, 0.15) is 62.0 Å². The molecule has 1 aromatic carbocycles. The van der Waals surface area contributed by atoms with E-state index in [1.807, 2.05) is 4.90 Å². The van der Waals surface area contributed by atoms with Crippen LogP contribution in [0.3, 0.4) is 0 Å². The van der Waals surface area contributed by atoms with E-state index in [9.17, 15) is 9.59 Å². The van der Waals surface area contributed by atoms with Crippen molar-refractivity contribution in [3.05, 3.63) is 39.2 Å². The number of carbonyl (C=O) groups is 1. The van der Waals surface area contributed by atoms with E-state index in [1.54, 1.807) is 11.5 Å². The lowest BCUT2D eigenvalue weighted by atomic mass is 10.0. The highest BCUT2D eigenvalue weighted by atomic mass is 28.4. The molecule has 4 rings (SSSR count). The summed E-state index contributed by atoms with van der Waals surface area (Å²) in [6.07, 6.45) is 2.74. The van der Waals surface area contributed by atoms with Crippen LogP contribution < -0.4 is 10.5 Å². The molecule has 0 N–H and O–H groups in total. The van der Waals surface area contributed by atoms with Crippen molar-refractivity contribution in [2.45, 2.75) is 77.2 Å². The zero-order valence-corrected chi connectivity index (χ0v) is 20.7. The molecular formula is C24H32F2N2O3Si. The maximum absolute atomic E-state index is 15.4. The Kier molecular flexibility index (Phi) is 5.61. The highest BCUT2D eigenvalue weighted by molar-refractivity contribution is 6.74. The normalized spacial score (nSPS) is 19.8. The third kappa shape index (κ3) is 3.71. The van der Waals surface area contributed by atoms with Gasteiger partial charge in [-0.05, 0) is 44.3 Å². The van der Waals surface area contributed by atoms with Gasteiger partial charge in [0.15, 0.2) is 26.2 Å². The summed E-state index contributed by atoms with van der Waals surface area (Å²) >= 11 is 0. The van der Waals surface area contributed by atoms with Crippen molar-refractivity contribution in [3.8, 4) is 0 Å². The first-order chi connectivity index (χ1) is 14.9. The number of pyridine rings is 1. The molecule has 0 bridgehead atoms. The van der Waals surface area contributed by atoms with Crippen molar-refractivity contribution in [2.75, 3.05) is 18.0 Å². The number of aryl methyl sites for hydroxylation is 1. The molecular weight excluding hydrogens is 430 g/mol. The molecule has 1 saturated carbocycles. The molecule has 0 unspecified atom stereocenters. The minimum Gasteiger partial charge on any atom is -0.412 e. The number of hydrogen-bond acceptors (Lipinski definition) is 4. The number of nitrogens with zero attached hydrogens (tertiary/aromatic N) is 2. The van der Waals surface area contributed by atoms with Crippen LogP contribution in [0.15, 0.2) is 10.9 Å². The molecule has 2 aliphatic rings. The monoisotopic (exact) mass is 462 g/mol. The number of aromatic nitrogens is 1. The average molecular weight is 463 g/mol. The summed E-state index contributed by atoms with van der Waals surface area (Å²) in [5.41, 5.74) is 0.564. The molecule has 2 aromatic rings. The molecule has 174 valence electrons. The third-order valence-electron chi connectivity index (χ3n) is 7.38. The van der Waals surface area contributed by atoms with Crippen molar-refractivity contribution in [1.82, 2.24) is 4.57 Å². The fourth-order valence-corrected chi connectivity index (χ4v) is 5.90. The first-order valence-corrected chi connectivity index (χ1v) is 14.2. The van der Waals surface area contributed by atoms with Gasteiger partial charge in [-0.15, -0.1) is 0 Å². The second kappa shape index (κ2) is 7.76. The van der Waals surface area contributed by atoms with Crippen molar-refractivity contribution < 1.29 is 18.0 Å². The number of fused-ring (bicyclic) bond motifs is 1. The highest BCUT2D eigenvalue weighted by Crippen LogP contribution is 2.43. The number of carbonyl (C=O) groups excluding carboxylic acids is 1. The lowest BCUT2D eigenvalue weighted by molar-refractivity contribution is 0.112. The average Bonchev–Trinajstić information content (AvgIpc) is 3.43. The second-order valence-corrected chi connectivity index (χ2v) is 15.5. The van der Waals surface area contributed by atoms with Crippen LogP contribution in [-0.4, -0.2) is 38.4 Å². The minimum atomic E-state index is -2.00. The van der Waals surface area contributed by atoms with Gasteiger partial charge in [-0.25, -0.2) is 8.78 Å². The molecule has 0 spiro atoms. The summed E-state index contributed by atoms with van der Waals surface area (Å²) in [5, 5.41) is -0.0408. The Morgan fingerprint density at radius 1 is 1.16 bits per heavy atom. The molecule has 0 radical (unpaired) electrons. The van der Waals surface area contributed by atoms with Gasteiger partial charge >= 0.3 is 0 Å². The molecule has 0 amide bonds. The van der Waals surface area contributed by atoms with Crippen LogP contribution in [0, 0.1) is 18.6 Å². The largest absolute Gasteiger partial charge is 0.412 e. The molecule has 5 nitrogen and oxygen atoms in total. The maximum Gasteiger partial charge on any atom is 0.252 e. The quantitative estimate of drug-likeness (QED) is 0.445. The lowest BCUT2D eigenvalue weighted by Gasteiger charge is -2.38. The fraction of sp³-hybridized carbons (Fsp3) is 0.583. The van der Waals surface area contributed by atoms with Gasteiger partial charge in [0.05, 0.1) is 17.3 Å². The topological polar surface area (TPSA) is 51.5 Å². The van der Waals surface area contributed by atoms with Gasteiger partial charge in [0.2, 0.25) is 0 Å². The molecule has 1 saturated heterocycles. The standard InChI is InChI=1S/C24H32F2N2O3Si/c1-14-22-19(15(13-29)11-18(30)28(22)16-7-8-16)20(25)21(26)23(14)27-10-9-17(12-27)31-32(5,6)24(2,3)4/h11,13,16-17H,7-10,12H2,1-6H3/t17-/m0/s1. The summed E-state index contributed by atoms with van der Waals surface area (Å²) in [4.78, 5) is 26.2. The van der Waals surface area contributed by atoms with Gasteiger partial charge in [0.1, 0.15) is 0 Å². The summed E-state index contributed by atoms with van der Waals surface area (Å²) in [6.45, 7) is 13.6. The summed E-state index contributed by atoms with van der Waals surface area (Å²) < 4.78 is 38.8.